The molecule has 0 aliphatic carbocycles. The number of benzene rings is 3. The number of nitrogens with zero attached hydrogens (tertiary/aromatic N) is 3. The molecule has 9 nitrogen and oxygen atoms in total. The number of hydrogen-bond donors (Lipinski definition) is 3. The molecule has 3 N–H and O–H groups in total. The van der Waals surface area contributed by atoms with Crippen molar-refractivity contribution in [1.29, 1.82) is 0 Å². The van der Waals surface area contributed by atoms with Crippen molar-refractivity contribution in [3.63, 3.8) is 0 Å². The predicted octanol–water partition coefficient (Wildman–Crippen LogP) is 4.07. The molecule has 0 unspecified atom stereocenters. The predicted molar refractivity (Wildman–Crippen MR) is 146 cm³/mol. The molecule has 0 aliphatic heterocycles. The lowest BCUT2D eigenvalue weighted by atomic mass is 10.00. The second-order valence-corrected chi connectivity index (χ2v) is 10.8. The minimum atomic E-state index is -3.48. The van der Waals surface area contributed by atoms with Crippen molar-refractivity contribution >= 4 is 44.0 Å². The highest BCUT2D eigenvalue weighted by Crippen LogP contribution is 2.32. The highest BCUT2D eigenvalue weighted by atomic mass is 32.2. The molecule has 0 atom stereocenters. The maximum absolute atomic E-state index is 12.4. The van der Waals surface area contributed by atoms with Crippen LogP contribution in [0.2, 0.25) is 0 Å². The summed E-state index contributed by atoms with van der Waals surface area (Å²) in [6.45, 7) is 0.875. The summed E-state index contributed by atoms with van der Waals surface area (Å²) < 4.78 is 26.1. The van der Waals surface area contributed by atoms with Gasteiger partial charge in [-0.15, -0.1) is 0 Å². The summed E-state index contributed by atoms with van der Waals surface area (Å²) >= 11 is 0. The van der Waals surface area contributed by atoms with Gasteiger partial charge in [-0.05, 0) is 50.5 Å². The molecular formula is C27H28N4O5S. The second kappa shape index (κ2) is 10.5. The lowest BCUT2D eigenvalue weighted by molar-refractivity contribution is 0.0697. The molecule has 3 aromatic carbocycles. The van der Waals surface area contributed by atoms with Crippen molar-refractivity contribution in [3.05, 3.63) is 89.5 Å². The number of aromatic hydroxyl groups is 1. The van der Waals surface area contributed by atoms with E-state index in [1.54, 1.807) is 30.3 Å². The SMILES string of the molecule is CN(C)CCN(c1ccc(N=C(c2ccccc2)c2c(O)[nH]c3cc(C(=O)O)ccc23)cc1)S(C)(=O)=O. The number of nitrogens with one attached hydrogen (secondary N) is 1. The van der Waals surface area contributed by atoms with Gasteiger partial charge in [0.25, 0.3) is 0 Å². The molecule has 4 aromatic rings. The number of rotatable bonds is 9. The van der Waals surface area contributed by atoms with Crippen molar-refractivity contribution in [3.8, 4) is 5.88 Å². The highest BCUT2D eigenvalue weighted by molar-refractivity contribution is 7.92. The van der Waals surface area contributed by atoms with Crippen molar-refractivity contribution in [2.45, 2.75) is 0 Å². The Morgan fingerprint density at radius 3 is 2.22 bits per heavy atom. The smallest absolute Gasteiger partial charge is 0.335 e. The van der Waals surface area contributed by atoms with E-state index in [1.165, 1.54) is 22.7 Å². The Morgan fingerprint density at radius 2 is 1.62 bits per heavy atom. The first kappa shape index (κ1) is 25.9. The van der Waals surface area contributed by atoms with Crippen LogP contribution in [0.4, 0.5) is 11.4 Å². The molecular weight excluding hydrogens is 492 g/mol. The summed E-state index contributed by atoms with van der Waals surface area (Å²) in [4.78, 5) is 21.0. The van der Waals surface area contributed by atoms with Crippen LogP contribution in [0.15, 0.2) is 77.8 Å². The number of aromatic carboxylic acids is 1. The highest BCUT2D eigenvalue weighted by Gasteiger charge is 2.20. The van der Waals surface area contributed by atoms with Crippen LogP contribution in [0.25, 0.3) is 10.9 Å². The second-order valence-electron chi connectivity index (χ2n) is 8.90. The molecule has 1 heterocycles. The molecule has 192 valence electrons. The number of aromatic nitrogens is 1. The van der Waals surface area contributed by atoms with Gasteiger partial charge in [0.2, 0.25) is 10.0 Å². The number of aromatic amines is 1. The lowest BCUT2D eigenvalue weighted by Crippen LogP contribution is -2.35. The largest absolute Gasteiger partial charge is 0.494 e. The molecule has 37 heavy (non-hydrogen) atoms. The molecule has 10 heteroatoms. The first-order valence-corrected chi connectivity index (χ1v) is 13.3. The van der Waals surface area contributed by atoms with E-state index in [0.29, 0.717) is 46.6 Å². The van der Waals surface area contributed by atoms with Crippen molar-refractivity contribution in [2.24, 2.45) is 4.99 Å². The first-order valence-electron chi connectivity index (χ1n) is 11.5. The topological polar surface area (TPSA) is 126 Å². The van der Waals surface area contributed by atoms with Gasteiger partial charge in [-0.1, -0.05) is 36.4 Å². The number of fused-ring (bicyclic) bond motifs is 1. The third-order valence-corrected chi connectivity index (χ3v) is 7.03. The fraction of sp³-hybridized carbons (Fsp3) is 0.185. The zero-order chi connectivity index (χ0) is 26.7. The Balaban J connectivity index is 1.80. The molecule has 0 saturated carbocycles. The molecule has 4 rings (SSSR count). The van der Waals surface area contributed by atoms with E-state index in [-0.39, 0.29) is 11.4 Å². The number of carboxylic acids is 1. The van der Waals surface area contributed by atoms with Crippen molar-refractivity contribution in [2.75, 3.05) is 37.7 Å². The van der Waals surface area contributed by atoms with Crippen LogP contribution < -0.4 is 4.31 Å². The summed E-state index contributed by atoms with van der Waals surface area (Å²) in [5.74, 6) is -1.20. The van der Waals surface area contributed by atoms with Gasteiger partial charge in [-0.3, -0.25) is 4.31 Å². The third kappa shape index (κ3) is 5.82. The summed E-state index contributed by atoms with van der Waals surface area (Å²) in [5, 5.41) is 20.8. The number of carboxylic acid groups (broad SMARTS) is 1. The van der Waals surface area contributed by atoms with E-state index in [9.17, 15) is 23.4 Å². The molecule has 0 spiro atoms. The van der Waals surface area contributed by atoms with Crippen LogP contribution >= 0.6 is 0 Å². The number of H-pyrrole nitrogens is 1. The van der Waals surface area contributed by atoms with E-state index in [4.69, 9.17) is 4.99 Å². The zero-order valence-corrected chi connectivity index (χ0v) is 21.5. The number of carbonyl (C=O) groups is 1. The van der Waals surface area contributed by atoms with E-state index >= 15 is 0 Å². The number of likely N-dealkylation sites (N-methyl/N-ethyl adjacent to an activating group) is 1. The van der Waals surface area contributed by atoms with Gasteiger partial charge in [0.05, 0.1) is 34.5 Å². The molecule has 0 fully saturated rings. The number of hydrogen-bond acceptors (Lipinski definition) is 6. The first-order chi connectivity index (χ1) is 17.5. The van der Waals surface area contributed by atoms with Gasteiger partial charge in [-0.2, -0.15) is 0 Å². The van der Waals surface area contributed by atoms with Crippen molar-refractivity contribution in [1.82, 2.24) is 9.88 Å². The van der Waals surface area contributed by atoms with E-state index in [0.717, 1.165) is 5.56 Å². The Hall–Kier alpha value is -4.15. The van der Waals surface area contributed by atoms with Gasteiger partial charge in [0, 0.05) is 29.6 Å². The van der Waals surface area contributed by atoms with Crippen LogP contribution in [0, 0.1) is 0 Å². The van der Waals surface area contributed by atoms with Crippen LogP contribution in [-0.2, 0) is 10.0 Å². The Kier molecular flexibility index (Phi) is 7.33. The summed E-state index contributed by atoms with van der Waals surface area (Å²) in [7, 11) is 0.286. The minimum absolute atomic E-state index is 0.0961. The summed E-state index contributed by atoms with van der Waals surface area (Å²) in [6.07, 6.45) is 1.18. The average Bonchev–Trinajstić information content (AvgIpc) is 3.17. The van der Waals surface area contributed by atoms with Gasteiger partial charge in [0.1, 0.15) is 0 Å². The molecule has 0 bridgehead atoms. The molecule has 0 saturated heterocycles. The number of aliphatic imine (C=N–C) groups is 1. The Morgan fingerprint density at radius 1 is 0.946 bits per heavy atom. The standard InChI is InChI=1S/C27H28N4O5S/c1-30(2)15-16-31(37(3,35)36)21-12-10-20(11-13-21)28-25(18-7-5-4-6-8-18)24-22-14-9-19(27(33)34)17-23(22)29-26(24)32/h4-14,17,29,32H,15-16H2,1-3H3,(H,33,34). The Bertz CT molecular complexity index is 1560. The van der Waals surface area contributed by atoms with Crippen LogP contribution in [0.5, 0.6) is 5.88 Å². The monoisotopic (exact) mass is 520 g/mol. The summed E-state index contributed by atoms with van der Waals surface area (Å²) in [6, 6.07) is 20.7. The molecule has 0 amide bonds. The van der Waals surface area contributed by atoms with Gasteiger partial charge < -0.3 is 20.1 Å². The van der Waals surface area contributed by atoms with Crippen LogP contribution in [-0.4, -0.2) is 73.6 Å². The van der Waals surface area contributed by atoms with Gasteiger partial charge in [-0.25, -0.2) is 18.2 Å². The Labute approximate surface area is 215 Å². The fourth-order valence-electron chi connectivity index (χ4n) is 4.02. The van der Waals surface area contributed by atoms with E-state index in [1.807, 2.05) is 49.3 Å². The maximum atomic E-state index is 12.4. The quantitative estimate of drug-likeness (QED) is 0.286. The van der Waals surface area contributed by atoms with Crippen molar-refractivity contribution < 1.29 is 23.4 Å². The zero-order valence-electron chi connectivity index (χ0n) is 20.7. The normalized spacial score (nSPS) is 12.3. The van der Waals surface area contributed by atoms with Gasteiger partial charge >= 0.3 is 5.97 Å². The number of anilines is 1. The maximum Gasteiger partial charge on any atom is 0.335 e. The third-order valence-electron chi connectivity index (χ3n) is 5.84. The van der Waals surface area contributed by atoms with Gasteiger partial charge in [0.15, 0.2) is 5.88 Å². The van der Waals surface area contributed by atoms with E-state index in [2.05, 4.69) is 4.98 Å². The van der Waals surface area contributed by atoms with E-state index < -0.39 is 16.0 Å². The number of sulfonamides is 1. The van der Waals surface area contributed by atoms with Crippen LogP contribution in [0.1, 0.15) is 21.5 Å². The average molecular weight is 521 g/mol. The summed E-state index contributed by atoms with van der Waals surface area (Å²) in [5.41, 5.74) is 3.31. The fourth-order valence-corrected chi connectivity index (χ4v) is 4.93. The minimum Gasteiger partial charge on any atom is -0.494 e. The van der Waals surface area contributed by atoms with Crippen LogP contribution in [0.3, 0.4) is 0 Å². The molecule has 0 aliphatic rings. The molecule has 1 aromatic heterocycles. The molecule has 0 radical (unpaired) electrons. The lowest BCUT2D eigenvalue weighted by Gasteiger charge is -2.24.